The summed E-state index contributed by atoms with van der Waals surface area (Å²) in [6.45, 7) is 7.90. The van der Waals surface area contributed by atoms with Crippen molar-refractivity contribution in [2.24, 2.45) is 0 Å². The van der Waals surface area contributed by atoms with Gasteiger partial charge >= 0.3 is 5.97 Å². The number of carboxylic acids is 1. The molecule has 1 unspecified atom stereocenters. The number of benzene rings is 2. The highest BCUT2D eigenvalue weighted by Crippen LogP contribution is 2.39. The quantitative estimate of drug-likeness (QED) is 0.740. The van der Waals surface area contributed by atoms with Crippen molar-refractivity contribution in [1.82, 2.24) is 15.0 Å². The zero-order chi connectivity index (χ0) is 19.1. The van der Waals surface area contributed by atoms with E-state index >= 15 is 0 Å². The maximum absolute atomic E-state index is 11.1. The summed E-state index contributed by atoms with van der Waals surface area (Å²) in [5, 5.41) is 28.4. The number of hydrogen-bond acceptors (Lipinski definition) is 4. The van der Waals surface area contributed by atoms with Gasteiger partial charge in [-0.05, 0) is 35.1 Å². The average molecular weight is 353 g/mol. The van der Waals surface area contributed by atoms with Crippen LogP contribution in [-0.2, 0) is 10.2 Å². The summed E-state index contributed by atoms with van der Waals surface area (Å²) < 4.78 is 1.61. The first kappa shape index (κ1) is 17.9. The van der Waals surface area contributed by atoms with Crippen LogP contribution in [0.1, 0.15) is 51.2 Å². The Kier molecular flexibility index (Phi) is 4.44. The number of carboxylic acid groups (broad SMARTS) is 1. The van der Waals surface area contributed by atoms with Crippen molar-refractivity contribution in [3.63, 3.8) is 0 Å². The lowest BCUT2D eigenvalue weighted by Crippen LogP contribution is -2.15. The molecule has 0 amide bonds. The number of hydrogen-bond donors (Lipinski definition) is 2. The van der Waals surface area contributed by atoms with Crippen LogP contribution in [0.4, 0.5) is 0 Å². The third-order valence-corrected chi connectivity index (χ3v) is 4.55. The Balaban J connectivity index is 2.25. The molecule has 1 atom stereocenters. The molecule has 26 heavy (non-hydrogen) atoms. The van der Waals surface area contributed by atoms with Crippen molar-refractivity contribution >= 4 is 17.0 Å². The molecule has 0 saturated heterocycles. The second-order valence-electron chi connectivity index (χ2n) is 7.68. The molecule has 0 spiro atoms. The molecule has 6 nitrogen and oxygen atoms in total. The minimum absolute atomic E-state index is 0.0197. The van der Waals surface area contributed by atoms with Crippen molar-refractivity contribution < 1.29 is 15.0 Å². The van der Waals surface area contributed by atoms with E-state index < -0.39 is 5.97 Å². The minimum atomic E-state index is -0.851. The Morgan fingerprint density at radius 3 is 2.58 bits per heavy atom. The molecule has 6 heteroatoms. The van der Waals surface area contributed by atoms with E-state index in [4.69, 9.17) is 5.11 Å². The molecular formula is C20H23N3O3. The minimum Gasteiger partial charge on any atom is -0.505 e. The molecule has 2 N–H and O–H groups in total. The molecule has 136 valence electrons. The summed E-state index contributed by atoms with van der Waals surface area (Å²) in [5.41, 5.74) is 3.32. The highest BCUT2D eigenvalue weighted by atomic mass is 16.4. The molecule has 3 aromatic rings. The number of aromatic nitrogens is 3. The van der Waals surface area contributed by atoms with Gasteiger partial charge in [-0.25, -0.2) is 4.68 Å². The number of rotatable bonds is 4. The lowest BCUT2D eigenvalue weighted by Gasteiger charge is -2.24. The standard InChI is InChI=1S/C20H23N3O3/c1-12(9-18(24)25)13-10-14(20(2,3)4)19(26)17(11-13)23-16-8-6-5-7-15(16)21-22-23/h5-8,10-12,26H,9H2,1-4H3,(H,24,25). The second kappa shape index (κ2) is 6.44. The molecule has 0 bridgehead atoms. The molecule has 0 radical (unpaired) electrons. The van der Waals surface area contributed by atoms with E-state index in [-0.39, 0.29) is 23.5 Å². The van der Waals surface area contributed by atoms with Crippen LogP contribution in [0.25, 0.3) is 16.7 Å². The second-order valence-corrected chi connectivity index (χ2v) is 7.68. The van der Waals surface area contributed by atoms with Crippen molar-refractivity contribution in [1.29, 1.82) is 0 Å². The normalized spacial score (nSPS) is 13.1. The zero-order valence-corrected chi connectivity index (χ0v) is 15.4. The van der Waals surface area contributed by atoms with Gasteiger partial charge in [0.15, 0.2) is 0 Å². The Morgan fingerprint density at radius 2 is 1.92 bits per heavy atom. The summed E-state index contributed by atoms with van der Waals surface area (Å²) in [7, 11) is 0. The van der Waals surface area contributed by atoms with E-state index in [1.165, 1.54) is 0 Å². The zero-order valence-electron chi connectivity index (χ0n) is 15.4. The van der Waals surface area contributed by atoms with Gasteiger partial charge in [-0.15, -0.1) is 5.10 Å². The maximum atomic E-state index is 11.1. The highest BCUT2D eigenvalue weighted by Gasteiger charge is 2.25. The number of aromatic hydroxyl groups is 1. The average Bonchev–Trinajstić information content (AvgIpc) is 2.97. The number of aliphatic carboxylic acids is 1. The molecule has 1 heterocycles. The van der Waals surface area contributed by atoms with Crippen LogP contribution in [0, 0.1) is 0 Å². The molecule has 0 aliphatic heterocycles. The van der Waals surface area contributed by atoms with Crippen molar-refractivity contribution in [3.8, 4) is 11.4 Å². The fourth-order valence-electron chi connectivity index (χ4n) is 3.09. The van der Waals surface area contributed by atoms with E-state index in [0.717, 1.165) is 22.2 Å². The van der Waals surface area contributed by atoms with Crippen LogP contribution >= 0.6 is 0 Å². The Bertz CT molecular complexity index is 970. The molecule has 0 fully saturated rings. The first-order valence-electron chi connectivity index (χ1n) is 8.58. The van der Waals surface area contributed by atoms with E-state index in [0.29, 0.717) is 5.69 Å². The molecular weight excluding hydrogens is 330 g/mol. The molecule has 3 rings (SSSR count). The Hall–Kier alpha value is -2.89. The van der Waals surface area contributed by atoms with Crippen LogP contribution in [0.5, 0.6) is 5.75 Å². The topological polar surface area (TPSA) is 88.2 Å². The predicted octanol–water partition coefficient (Wildman–Crippen LogP) is 4.00. The summed E-state index contributed by atoms with van der Waals surface area (Å²) >= 11 is 0. The molecule has 1 aromatic heterocycles. The number of phenolic OH excluding ortho intramolecular Hbond substituents is 1. The predicted molar refractivity (Wildman–Crippen MR) is 99.9 cm³/mol. The lowest BCUT2D eigenvalue weighted by atomic mass is 9.83. The summed E-state index contributed by atoms with van der Waals surface area (Å²) in [6.07, 6.45) is 0.0197. The van der Waals surface area contributed by atoms with Gasteiger partial charge in [0.1, 0.15) is 17.0 Å². The van der Waals surface area contributed by atoms with Gasteiger partial charge < -0.3 is 10.2 Å². The first-order valence-corrected chi connectivity index (χ1v) is 8.58. The molecule has 2 aromatic carbocycles. The van der Waals surface area contributed by atoms with Gasteiger partial charge in [0.25, 0.3) is 0 Å². The lowest BCUT2D eigenvalue weighted by molar-refractivity contribution is -0.137. The van der Waals surface area contributed by atoms with E-state index in [9.17, 15) is 9.90 Å². The van der Waals surface area contributed by atoms with Crippen molar-refractivity contribution in [2.45, 2.75) is 45.4 Å². The van der Waals surface area contributed by atoms with E-state index in [1.807, 2.05) is 58.0 Å². The van der Waals surface area contributed by atoms with Crippen LogP contribution in [0.3, 0.4) is 0 Å². The largest absolute Gasteiger partial charge is 0.505 e. The van der Waals surface area contributed by atoms with Crippen LogP contribution < -0.4 is 0 Å². The number of para-hydroxylation sites is 1. The number of nitrogens with zero attached hydrogens (tertiary/aromatic N) is 3. The number of fused-ring (bicyclic) bond motifs is 1. The van der Waals surface area contributed by atoms with Crippen LogP contribution in [0.2, 0.25) is 0 Å². The highest BCUT2D eigenvalue weighted by molar-refractivity contribution is 5.77. The molecule has 0 aliphatic rings. The van der Waals surface area contributed by atoms with Crippen molar-refractivity contribution in [2.75, 3.05) is 0 Å². The first-order chi connectivity index (χ1) is 12.2. The third-order valence-electron chi connectivity index (χ3n) is 4.55. The maximum Gasteiger partial charge on any atom is 0.303 e. The Labute approximate surface area is 152 Å². The van der Waals surface area contributed by atoms with Gasteiger partial charge in [-0.1, -0.05) is 51.1 Å². The fraction of sp³-hybridized carbons (Fsp3) is 0.350. The van der Waals surface area contributed by atoms with Gasteiger partial charge in [0, 0.05) is 5.56 Å². The van der Waals surface area contributed by atoms with Crippen LogP contribution in [0.15, 0.2) is 36.4 Å². The SMILES string of the molecule is CC(CC(=O)O)c1cc(-n2nnc3ccccc32)c(O)c(C(C)(C)C)c1. The fourth-order valence-corrected chi connectivity index (χ4v) is 3.09. The summed E-state index contributed by atoms with van der Waals surface area (Å²) in [6, 6.07) is 11.2. The van der Waals surface area contributed by atoms with Gasteiger partial charge in [-0.3, -0.25) is 4.79 Å². The summed E-state index contributed by atoms with van der Waals surface area (Å²) in [4.78, 5) is 11.1. The number of carbonyl (C=O) groups is 1. The van der Waals surface area contributed by atoms with E-state index in [2.05, 4.69) is 10.3 Å². The smallest absolute Gasteiger partial charge is 0.303 e. The monoisotopic (exact) mass is 353 g/mol. The molecule has 0 saturated carbocycles. The summed E-state index contributed by atoms with van der Waals surface area (Å²) in [5.74, 6) is -0.905. The molecule has 0 aliphatic carbocycles. The van der Waals surface area contributed by atoms with Gasteiger partial charge in [0.2, 0.25) is 0 Å². The third kappa shape index (κ3) is 3.27. The van der Waals surface area contributed by atoms with Gasteiger partial charge in [-0.2, -0.15) is 0 Å². The van der Waals surface area contributed by atoms with Gasteiger partial charge in [0.05, 0.1) is 11.9 Å². The van der Waals surface area contributed by atoms with Crippen LogP contribution in [-0.4, -0.2) is 31.2 Å². The Morgan fingerprint density at radius 1 is 1.23 bits per heavy atom. The van der Waals surface area contributed by atoms with Crippen molar-refractivity contribution in [3.05, 3.63) is 47.5 Å². The van der Waals surface area contributed by atoms with E-state index in [1.54, 1.807) is 10.7 Å². The number of phenols is 1.